The smallest absolute Gasteiger partial charge is 0.234 e. The van der Waals surface area contributed by atoms with E-state index in [1.165, 1.54) is 15.0 Å². The zero-order valence-electron chi connectivity index (χ0n) is 11.8. The topological polar surface area (TPSA) is 58.7 Å². The van der Waals surface area contributed by atoms with Gasteiger partial charge in [-0.15, -0.1) is 11.3 Å². The molecule has 1 aromatic heterocycles. The first-order valence-corrected chi connectivity index (χ1v) is 7.37. The monoisotopic (exact) mass is 287 g/mol. The molecule has 0 bridgehead atoms. The van der Waals surface area contributed by atoms with Gasteiger partial charge >= 0.3 is 0 Å². The normalized spacial score (nSPS) is 26.9. The van der Waals surface area contributed by atoms with Gasteiger partial charge in [-0.3, -0.25) is 9.69 Å². The number of nitrogens with zero attached hydrogens (tertiary/aromatic N) is 2. The second-order valence-corrected chi connectivity index (χ2v) is 6.47. The summed E-state index contributed by atoms with van der Waals surface area (Å²) < 4.78 is 1.20. The fraction of sp³-hybridized carbons (Fsp3) is 0.333. The summed E-state index contributed by atoms with van der Waals surface area (Å²) in [5.74, 6) is 0.0679. The molecule has 2 aromatic rings. The van der Waals surface area contributed by atoms with Gasteiger partial charge in [-0.25, -0.2) is 4.99 Å². The van der Waals surface area contributed by atoms with Crippen molar-refractivity contribution in [3.05, 3.63) is 35.2 Å². The van der Waals surface area contributed by atoms with Gasteiger partial charge in [-0.1, -0.05) is 25.1 Å². The van der Waals surface area contributed by atoms with Crippen molar-refractivity contribution in [1.29, 1.82) is 0 Å². The predicted octanol–water partition coefficient (Wildman–Crippen LogP) is 2.54. The van der Waals surface area contributed by atoms with Crippen LogP contribution in [0, 0.1) is 5.92 Å². The first-order valence-electron chi connectivity index (χ1n) is 6.55. The second-order valence-electron chi connectivity index (χ2n) is 5.38. The number of guanidine groups is 1. The van der Waals surface area contributed by atoms with Crippen molar-refractivity contribution < 1.29 is 4.79 Å². The van der Waals surface area contributed by atoms with E-state index in [1.54, 1.807) is 18.4 Å². The molecule has 0 saturated heterocycles. The molecule has 20 heavy (non-hydrogen) atoms. The molecule has 104 valence electrons. The van der Waals surface area contributed by atoms with E-state index in [-0.39, 0.29) is 17.8 Å². The maximum atomic E-state index is 12.3. The Balaban J connectivity index is 2.18. The van der Waals surface area contributed by atoms with Crippen molar-refractivity contribution in [1.82, 2.24) is 4.90 Å². The third kappa shape index (κ3) is 1.73. The lowest BCUT2D eigenvalue weighted by atomic mass is 9.83. The maximum absolute atomic E-state index is 12.3. The second kappa shape index (κ2) is 4.31. The molecule has 0 aliphatic carbocycles. The SMILES string of the molecule is C[C@H]1C(=O)N(C)C(N)=N[C@]1(C)c1cc2ccccc2s1. The highest BCUT2D eigenvalue weighted by Gasteiger charge is 2.44. The molecule has 5 heteroatoms. The van der Waals surface area contributed by atoms with Gasteiger partial charge in [-0.2, -0.15) is 0 Å². The number of aliphatic imine (C=N–C) groups is 1. The number of amides is 1. The molecule has 0 spiro atoms. The molecular weight excluding hydrogens is 270 g/mol. The Morgan fingerprint density at radius 3 is 2.80 bits per heavy atom. The van der Waals surface area contributed by atoms with Crippen LogP contribution in [0.1, 0.15) is 18.7 Å². The number of thiophene rings is 1. The average molecular weight is 287 g/mol. The van der Waals surface area contributed by atoms with Crippen LogP contribution in [0.3, 0.4) is 0 Å². The van der Waals surface area contributed by atoms with Gasteiger partial charge in [0.1, 0.15) is 5.54 Å². The van der Waals surface area contributed by atoms with Gasteiger partial charge in [-0.05, 0) is 24.4 Å². The van der Waals surface area contributed by atoms with Crippen LogP contribution in [-0.2, 0) is 10.3 Å². The van der Waals surface area contributed by atoms with E-state index in [4.69, 9.17) is 5.73 Å². The predicted molar refractivity (Wildman–Crippen MR) is 82.7 cm³/mol. The summed E-state index contributed by atoms with van der Waals surface area (Å²) in [7, 11) is 1.67. The zero-order chi connectivity index (χ0) is 14.5. The Bertz CT molecular complexity index is 688. The summed E-state index contributed by atoms with van der Waals surface area (Å²) >= 11 is 1.68. The lowest BCUT2D eigenvalue weighted by molar-refractivity contribution is -0.133. The van der Waals surface area contributed by atoms with E-state index in [0.29, 0.717) is 0 Å². The first-order chi connectivity index (χ1) is 9.43. The molecule has 1 aromatic carbocycles. The molecule has 0 saturated carbocycles. The van der Waals surface area contributed by atoms with Crippen molar-refractivity contribution in [3.63, 3.8) is 0 Å². The minimum Gasteiger partial charge on any atom is -0.369 e. The molecule has 4 nitrogen and oxygen atoms in total. The van der Waals surface area contributed by atoms with Crippen LogP contribution in [-0.4, -0.2) is 23.8 Å². The first kappa shape index (κ1) is 13.1. The molecule has 1 aliphatic heterocycles. The highest BCUT2D eigenvalue weighted by molar-refractivity contribution is 7.19. The molecule has 0 fully saturated rings. The van der Waals surface area contributed by atoms with Gasteiger partial charge in [0.25, 0.3) is 0 Å². The van der Waals surface area contributed by atoms with Gasteiger partial charge in [0, 0.05) is 16.6 Å². The molecule has 1 aliphatic rings. The van der Waals surface area contributed by atoms with Crippen molar-refractivity contribution in [2.24, 2.45) is 16.6 Å². The summed E-state index contributed by atoms with van der Waals surface area (Å²) in [6.45, 7) is 3.90. The van der Waals surface area contributed by atoms with Gasteiger partial charge in [0.05, 0.1) is 5.92 Å². The molecule has 1 amide bonds. The molecule has 0 unspecified atom stereocenters. The van der Waals surface area contributed by atoms with Gasteiger partial charge in [0.15, 0.2) is 5.96 Å². The summed E-state index contributed by atoms with van der Waals surface area (Å²) in [4.78, 5) is 19.4. The fourth-order valence-corrected chi connectivity index (χ4v) is 3.80. The van der Waals surface area contributed by atoms with Crippen molar-refractivity contribution in [2.45, 2.75) is 19.4 Å². The summed E-state index contributed by atoms with van der Waals surface area (Å²) in [6, 6.07) is 10.3. The van der Waals surface area contributed by atoms with Crippen molar-refractivity contribution in [2.75, 3.05) is 7.05 Å². The number of hydrogen-bond donors (Lipinski definition) is 1. The highest BCUT2D eigenvalue weighted by Crippen LogP contribution is 2.42. The highest BCUT2D eigenvalue weighted by atomic mass is 32.1. The lowest BCUT2D eigenvalue weighted by Crippen LogP contribution is -2.52. The van der Waals surface area contributed by atoms with Crippen LogP contribution in [0.4, 0.5) is 0 Å². The van der Waals surface area contributed by atoms with E-state index < -0.39 is 5.54 Å². The molecule has 2 N–H and O–H groups in total. The Morgan fingerprint density at radius 1 is 1.40 bits per heavy atom. The fourth-order valence-electron chi connectivity index (χ4n) is 2.55. The van der Waals surface area contributed by atoms with Crippen LogP contribution in [0.15, 0.2) is 35.3 Å². The van der Waals surface area contributed by atoms with Gasteiger partial charge < -0.3 is 5.73 Å². The van der Waals surface area contributed by atoms with E-state index in [1.807, 2.05) is 26.0 Å². The summed E-state index contributed by atoms with van der Waals surface area (Å²) in [5.41, 5.74) is 5.31. The Labute approximate surface area is 121 Å². The van der Waals surface area contributed by atoms with E-state index in [2.05, 4.69) is 23.2 Å². The van der Waals surface area contributed by atoms with Crippen LogP contribution in [0.5, 0.6) is 0 Å². The Morgan fingerprint density at radius 2 is 2.10 bits per heavy atom. The Hall–Kier alpha value is -1.88. The third-order valence-electron chi connectivity index (χ3n) is 4.16. The summed E-state index contributed by atoms with van der Waals surface area (Å²) in [6.07, 6.45) is 0. The lowest BCUT2D eigenvalue weighted by Gasteiger charge is -2.37. The standard InChI is InChI=1S/C15H17N3OS/c1-9-13(19)18(3)14(16)17-15(9,2)12-8-10-6-4-5-7-11(10)20-12/h4-9H,1-3H3,(H2,16,17)/t9-,15-/m0/s1. The minimum atomic E-state index is -0.586. The van der Waals surface area contributed by atoms with E-state index in [0.717, 1.165) is 4.88 Å². The number of nitrogens with two attached hydrogens (primary N) is 1. The van der Waals surface area contributed by atoms with E-state index >= 15 is 0 Å². The molecular formula is C15H17N3OS. The number of rotatable bonds is 1. The number of carbonyl (C=O) groups is 1. The van der Waals surface area contributed by atoms with Gasteiger partial charge in [0.2, 0.25) is 5.91 Å². The molecule has 2 heterocycles. The van der Waals surface area contributed by atoms with Crippen LogP contribution in [0.25, 0.3) is 10.1 Å². The number of benzene rings is 1. The Kier molecular flexibility index (Phi) is 2.83. The van der Waals surface area contributed by atoms with Crippen LogP contribution >= 0.6 is 11.3 Å². The molecule has 3 rings (SSSR count). The molecule has 2 atom stereocenters. The minimum absolute atomic E-state index is 0.0115. The van der Waals surface area contributed by atoms with Crippen LogP contribution < -0.4 is 5.73 Å². The maximum Gasteiger partial charge on any atom is 0.234 e. The average Bonchev–Trinajstić information content (AvgIpc) is 2.87. The third-order valence-corrected chi connectivity index (χ3v) is 5.50. The number of hydrogen-bond acceptors (Lipinski definition) is 4. The quantitative estimate of drug-likeness (QED) is 0.876. The van der Waals surface area contributed by atoms with Crippen LogP contribution in [0.2, 0.25) is 0 Å². The number of fused-ring (bicyclic) bond motifs is 1. The van der Waals surface area contributed by atoms with Crippen molar-refractivity contribution >= 4 is 33.3 Å². The molecule has 0 radical (unpaired) electrons. The largest absolute Gasteiger partial charge is 0.369 e. The number of carbonyl (C=O) groups excluding carboxylic acids is 1. The van der Waals surface area contributed by atoms with Crippen molar-refractivity contribution in [3.8, 4) is 0 Å². The van der Waals surface area contributed by atoms with E-state index in [9.17, 15) is 4.79 Å². The zero-order valence-corrected chi connectivity index (χ0v) is 12.6. The summed E-state index contributed by atoms with van der Waals surface area (Å²) in [5, 5.41) is 1.18.